The van der Waals surface area contributed by atoms with Crippen molar-refractivity contribution in [3.05, 3.63) is 34.9 Å². The van der Waals surface area contributed by atoms with Gasteiger partial charge in [0.1, 0.15) is 0 Å². The molecular weight excluding hydrogens is 196 g/mol. The maximum atomic E-state index is 6.29. The Labute approximate surface area is 98.4 Å². The number of hydrogen-bond donors (Lipinski definition) is 1. The topological polar surface area (TPSA) is 29.3 Å². The minimum atomic E-state index is 0.144. The van der Waals surface area contributed by atoms with E-state index in [-0.39, 0.29) is 6.04 Å². The fraction of sp³-hybridized carbons (Fsp3) is 0.571. The van der Waals surface area contributed by atoms with Crippen LogP contribution in [0.15, 0.2) is 18.2 Å². The predicted molar refractivity (Wildman–Crippen MR) is 68.5 cm³/mol. The second kappa shape index (κ2) is 4.56. The van der Waals surface area contributed by atoms with Crippen molar-refractivity contribution in [2.45, 2.75) is 38.8 Å². The molecule has 1 aromatic carbocycles. The molecule has 0 heterocycles. The molecule has 2 heteroatoms. The quantitative estimate of drug-likeness (QED) is 0.841. The number of likely N-dealkylation sites (N-methyl/N-ethyl adjacent to an activating group) is 1. The van der Waals surface area contributed by atoms with Crippen LogP contribution in [0.5, 0.6) is 0 Å². The lowest BCUT2D eigenvalue weighted by molar-refractivity contribution is 0.302. The SMILES string of the molecule is Cc1ccc(C)c(C(N)CN(C)C2CC2)c1. The highest BCUT2D eigenvalue weighted by molar-refractivity contribution is 5.33. The highest BCUT2D eigenvalue weighted by Gasteiger charge is 2.27. The minimum Gasteiger partial charge on any atom is -0.323 e. The van der Waals surface area contributed by atoms with E-state index in [0.717, 1.165) is 12.6 Å². The fourth-order valence-corrected chi connectivity index (χ4v) is 2.23. The summed E-state index contributed by atoms with van der Waals surface area (Å²) in [5.41, 5.74) is 10.2. The number of rotatable bonds is 4. The van der Waals surface area contributed by atoms with Gasteiger partial charge >= 0.3 is 0 Å². The molecular formula is C14H22N2. The van der Waals surface area contributed by atoms with Crippen molar-refractivity contribution in [2.75, 3.05) is 13.6 Å². The Hall–Kier alpha value is -0.860. The summed E-state index contributed by atoms with van der Waals surface area (Å²) >= 11 is 0. The van der Waals surface area contributed by atoms with Crippen molar-refractivity contribution < 1.29 is 0 Å². The molecule has 0 aliphatic heterocycles. The zero-order valence-electron chi connectivity index (χ0n) is 10.5. The van der Waals surface area contributed by atoms with Gasteiger partial charge in [0.15, 0.2) is 0 Å². The Morgan fingerprint density at radius 2 is 2.06 bits per heavy atom. The number of nitrogens with two attached hydrogens (primary N) is 1. The lowest BCUT2D eigenvalue weighted by atomic mass is 9.99. The van der Waals surface area contributed by atoms with Crippen LogP contribution in [0.25, 0.3) is 0 Å². The molecule has 0 amide bonds. The van der Waals surface area contributed by atoms with E-state index in [0.29, 0.717) is 0 Å². The summed E-state index contributed by atoms with van der Waals surface area (Å²) in [5.74, 6) is 0. The molecule has 1 aliphatic carbocycles. The minimum absolute atomic E-state index is 0.144. The first-order valence-electron chi connectivity index (χ1n) is 6.11. The Bertz CT molecular complexity index is 369. The smallest absolute Gasteiger partial charge is 0.0426 e. The van der Waals surface area contributed by atoms with Crippen LogP contribution in [-0.4, -0.2) is 24.5 Å². The fourth-order valence-electron chi connectivity index (χ4n) is 2.23. The molecule has 0 saturated heterocycles. The van der Waals surface area contributed by atoms with E-state index >= 15 is 0 Å². The summed E-state index contributed by atoms with van der Waals surface area (Å²) in [4.78, 5) is 2.40. The molecule has 1 aromatic rings. The molecule has 1 aliphatic rings. The number of aryl methyl sites for hydroxylation is 2. The second-order valence-corrected chi connectivity index (χ2v) is 5.14. The number of benzene rings is 1. The van der Waals surface area contributed by atoms with Gasteiger partial charge in [-0.25, -0.2) is 0 Å². The largest absolute Gasteiger partial charge is 0.323 e. The molecule has 1 saturated carbocycles. The van der Waals surface area contributed by atoms with Gasteiger partial charge in [0.25, 0.3) is 0 Å². The summed E-state index contributed by atoms with van der Waals surface area (Å²) in [5, 5.41) is 0. The first kappa shape index (κ1) is 11.6. The van der Waals surface area contributed by atoms with E-state index in [9.17, 15) is 0 Å². The van der Waals surface area contributed by atoms with E-state index in [1.54, 1.807) is 0 Å². The third kappa shape index (κ3) is 2.63. The van der Waals surface area contributed by atoms with Gasteiger partial charge in [0, 0.05) is 18.6 Å². The van der Waals surface area contributed by atoms with E-state index < -0.39 is 0 Å². The Balaban J connectivity index is 2.06. The monoisotopic (exact) mass is 218 g/mol. The normalized spacial score (nSPS) is 17.8. The summed E-state index contributed by atoms with van der Waals surface area (Å²) in [6, 6.07) is 7.47. The molecule has 2 nitrogen and oxygen atoms in total. The van der Waals surface area contributed by atoms with Gasteiger partial charge in [-0.05, 0) is 44.9 Å². The van der Waals surface area contributed by atoms with Crippen LogP contribution in [0.3, 0.4) is 0 Å². The second-order valence-electron chi connectivity index (χ2n) is 5.14. The third-order valence-electron chi connectivity index (χ3n) is 3.49. The van der Waals surface area contributed by atoms with Gasteiger partial charge in [-0.3, -0.25) is 0 Å². The van der Waals surface area contributed by atoms with Crippen molar-refractivity contribution in [3.8, 4) is 0 Å². The summed E-state index contributed by atoms with van der Waals surface area (Å²) in [6.07, 6.45) is 2.69. The lowest BCUT2D eigenvalue weighted by Crippen LogP contribution is -2.31. The van der Waals surface area contributed by atoms with Gasteiger partial charge in [-0.15, -0.1) is 0 Å². The van der Waals surface area contributed by atoms with E-state index in [1.807, 2.05) is 0 Å². The molecule has 2 rings (SSSR count). The average molecular weight is 218 g/mol. The Morgan fingerprint density at radius 3 is 2.69 bits per heavy atom. The van der Waals surface area contributed by atoms with E-state index in [1.165, 1.54) is 29.5 Å². The van der Waals surface area contributed by atoms with Crippen LogP contribution in [0.4, 0.5) is 0 Å². The highest BCUT2D eigenvalue weighted by atomic mass is 15.2. The molecule has 2 N–H and O–H groups in total. The zero-order chi connectivity index (χ0) is 11.7. The maximum absolute atomic E-state index is 6.29. The molecule has 1 unspecified atom stereocenters. The average Bonchev–Trinajstić information content (AvgIpc) is 3.04. The van der Waals surface area contributed by atoms with Crippen molar-refractivity contribution in [1.29, 1.82) is 0 Å². The maximum Gasteiger partial charge on any atom is 0.0426 e. The van der Waals surface area contributed by atoms with Crippen LogP contribution in [0.2, 0.25) is 0 Å². The zero-order valence-corrected chi connectivity index (χ0v) is 10.5. The van der Waals surface area contributed by atoms with Gasteiger partial charge < -0.3 is 10.6 Å². The summed E-state index contributed by atoms with van der Waals surface area (Å²) in [7, 11) is 2.18. The van der Waals surface area contributed by atoms with Gasteiger partial charge in [-0.2, -0.15) is 0 Å². The molecule has 1 atom stereocenters. The lowest BCUT2D eigenvalue weighted by Gasteiger charge is -2.22. The van der Waals surface area contributed by atoms with Crippen LogP contribution >= 0.6 is 0 Å². The Kier molecular flexibility index (Phi) is 3.31. The standard InChI is InChI=1S/C14H22N2/c1-10-4-5-11(2)13(8-10)14(15)9-16(3)12-6-7-12/h4-5,8,12,14H,6-7,9,15H2,1-3H3. The molecule has 0 bridgehead atoms. The van der Waals surface area contributed by atoms with E-state index in [4.69, 9.17) is 5.73 Å². The van der Waals surface area contributed by atoms with Crippen molar-refractivity contribution in [1.82, 2.24) is 4.90 Å². The molecule has 0 radical (unpaired) electrons. The van der Waals surface area contributed by atoms with Crippen LogP contribution in [-0.2, 0) is 0 Å². The van der Waals surface area contributed by atoms with E-state index in [2.05, 4.69) is 44.0 Å². The molecule has 1 fully saturated rings. The Morgan fingerprint density at radius 1 is 1.38 bits per heavy atom. The number of hydrogen-bond acceptors (Lipinski definition) is 2. The molecule has 0 spiro atoms. The van der Waals surface area contributed by atoms with Crippen molar-refractivity contribution in [2.24, 2.45) is 5.73 Å². The molecule has 88 valence electrons. The highest BCUT2D eigenvalue weighted by Crippen LogP contribution is 2.27. The van der Waals surface area contributed by atoms with Gasteiger partial charge in [0.2, 0.25) is 0 Å². The molecule has 16 heavy (non-hydrogen) atoms. The first-order valence-corrected chi connectivity index (χ1v) is 6.11. The van der Waals surface area contributed by atoms with Crippen molar-refractivity contribution in [3.63, 3.8) is 0 Å². The van der Waals surface area contributed by atoms with Gasteiger partial charge in [0.05, 0.1) is 0 Å². The van der Waals surface area contributed by atoms with Crippen molar-refractivity contribution >= 4 is 0 Å². The number of nitrogens with zero attached hydrogens (tertiary/aromatic N) is 1. The van der Waals surface area contributed by atoms with Crippen LogP contribution < -0.4 is 5.73 Å². The van der Waals surface area contributed by atoms with Crippen LogP contribution in [0.1, 0.15) is 35.6 Å². The first-order chi connectivity index (χ1) is 7.58. The summed E-state index contributed by atoms with van der Waals surface area (Å²) < 4.78 is 0. The van der Waals surface area contributed by atoms with Crippen LogP contribution in [0, 0.1) is 13.8 Å². The summed E-state index contributed by atoms with van der Waals surface area (Å²) in [6.45, 7) is 5.24. The van der Waals surface area contributed by atoms with Gasteiger partial charge in [-0.1, -0.05) is 23.8 Å². The predicted octanol–water partition coefficient (Wildman–Crippen LogP) is 2.40. The molecule has 0 aromatic heterocycles. The third-order valence-corrected chi connectivity index (χ3v) is 3.49.